The van der Waals surface area contributed by atoms with Crippen molar-refractivity contribution in [2.45, 2.75) is 50.2 Å². The van der Waals surface area contributed by atoms with Crippen molar-refractivity contribution in [3.63, 3.8) is 0 Å². The first-order valence-corrected chi connectivity index (χ1v) is 10.00. The Morgan fingerprint density at radius 2 is 1.86 bits per heavy atom. The highest BCUT2D eigenvalue weighted by Gasteiger charge is 2.37. The van der Waals surface area contributed by atoms with E-state index in [1.165, 1.54) is 4.90 Å². The summed E-state index contributed by atoms with van der Waals surface area (Å²) in [7, 11) is 0. The smallest absolute Gasteiger partial charge is 0.371 e. The largest absolute Gasteiger partial charge is 0.417 e. The Kier molecular flexibility index (Phi) is 6.57. The minimum absolute atomic E-state index is 0.00846. The van der Waals surface area contributed by atoms with Crippen molar-refractivity contribution in [1.29, 1.82) is 0 Å². The monoisotopic (exact) mass is 439 g/mol. The zero-order valence-electron chi connectivity index (χ0n) is 15.7. The van der Waals surface area contributed by atoms with Gasteiger partial charge in [0.2, 0.25) is 5.92 Å². The first-order chi connectivity index (χ1) is 13.6. The Morgan fingerprint density at radius 1 is 1.17 bits per heavy atom. The number of nitrogens with one attached hydrogen (secondary N) is 2. The van der Waals surface area contributed by atoms with Gasteiger partial charge in [0.25, 0.3) is 5.91 Å². The van der Waals surface area contributed by atoms with Crippen LogP contribution in [-0.2, 0) is 6.18 Å². The highest BCUT2D eigenvalue weighted by atomic mass is 35.5. The molecule has 162 valence electrons. The first kappa shape index (κ1) is 22.1. The summed E-state index contributed by atoms with van der Waals surface area (Å²) in [6, 6.07) is 1.70. The third-order valence-electron chi connectivity index (χ3n) is 5.37. The van der Waals surface area contributed by atoms with E-state index in [2.05, 4.69) is 10.6 Å². The van der Waals surface area contributed by atoms with Gasteiger partial charge < -0.3 is 15.5 Å². The van der Waals surface area contributed by atoms with E-state index in [0.717, 1.165) is 25.2 Å². The van der Waals surface area contributed by atoms with Gasteiger partial charge in [-0.05, 0) is 44.5 Å². The molecule has 2 aliphatic rings. The van der Waals surface area contributed by atoms with Crippen LogP contribution in [0.1, 0.15) is 48.0 Å². The second kappa shape index (κ2) is 8.63. The number of hydrogen-bond donors (Lipinski definition) is 2. The lowest BCUT2D eigenvalue weighted by atomic mass is 10.0. The van der Waals surface area contributed by atoms with Gasteiger partial charge in [-0.2, -0.15) is 13.2 Å². The Labute approximate surface area is 170 Å². The van der Waals surface area contributed by atoms with E-state index >= 15 is 0 Å². The van der Waals surface area contributed by atoms with Gasteiger partial charge >= 0.3 is 6.18 Å². The molecule has 1 aromatic carbocycles. The molecule has 2 saturated heterocycles. The standard InChI is InChI=1S/C19H23ClF5N3O/c20-15-10-13(17(29)27-12-2-6-26-7-3-12)16(11-14(15)19(23,24)25)28-8-1-4-18(21,22)5-9-28/h10-12,26H,1-9H2,(H,27,29). The van der Waals surface area contributed by atoms with E-state index < -0.39 is 35.0 Å². The molecule has 0 atom stereocenters. The normalized spacial score (nSPS) is 21.0. The quantitative estimate of drug-likeness (QED) is 0.683. The van der Waals surface area contributed by atoms with Crippen LogP contribution in [0.5, 0.6) is 0 Å². The number of carbonyl (C=O) groups is 1. The molecule has 0 aliphatic carbocycles. The van der Waals surface area contributed by atoms with Crippen LogP contribution >= 0.6 is 11.6 Å². The van der Waals surface area contributed by atoms with E-state index in [1.807, 2.05) is 0 Å². The molecule has 2 aliphatic heterocycles. The van der Waals surface area contributed by atoms with Gasteiger partial charge in [0.15, 0.2) is 0 Å². The van der Waals surface area contributed by atoms with Crippen LogP contribution < -0.4 is 15.5 Å². The molecule has 10 heteroatoms. The number of alkyl halides is 5. The van der Waals surface area contributed by atoms with Gasteiger partial charge in [-0.15, -0.1) is 0 Å². The summed E-state index contributed by atoms with van der Waals surface area (Å²) in [6.07, 6.45) is -4.01. The third kappa shape index (κ3) is 5.51. The second-order valence-corrected chi connectivity index (χ2v) is 7.95. The molecule has 0 saturated carbocycles. The molecule has 0 unspecified atom stereocenters. The van der Waals surface area contributed by atoms with Crippen LogP contribution in [-0.4, -0.2) is 44.1 Å². The van der Waals surface area contributed by atoms with Gasteiger partial charge in [-0.25, -0.2) is 8.78 Å². The van der Waals surface area contributed by atoms with Crippen molar-refractivity contribution in [1.82, 2.24) is 10.6 Å². The van der Waals surface area contributed by atoms with Gasteiger partial charge in [-0.3, -0.25) is 4.79 Å². The predicted molar refractivity (Wildman–Crippen MR) is 101 cm³/mol. The number of rotatable bonds is 3. The van der Waals surface area contributed by atoms with Crippen molar-refractivity contribution in [2.24, 2.45) is 0 Å². The number of amides is 1. The third-order valence-corrected chi connectivity index (χ3v) is 5.68. The zero-order chi connectivity index (χ0) is 21.2. The van der Waals surface area contributed by atoms with Gasteiger partial charge in [-0.1, -0.05) is 11.6 Å². The zero-order valence-corrected chi connectivity index (χ0v) is 16.5. The lowest BCUT2D eigenvalue weighted by Gasteiger charge is -2.28. The van der Waals surface area contributed by atoms with Gasteiger partial charge in [0, 0.05) is 32.0 Å². The fourth-order valence-corrected chi connectivity index (χ4v) is 4.03. The maximum absolute atomic E-state index is 13.7. The number of benzene rings is 1. The SMILES string of the molecule is O=C(NC1CCNCC1)c1cc(Cl)c(C(F)(F)F)cc1N1CCCC(F)(F)CC1. The molecule has 1 amide bonds. The van der Waals surface area contributed by atoms with Gasteiger partial charge in [0.05, 0.1) is 21.8 Å². The maximum Gasteiger partial charge on any atom is 0.417 e. The molecule has 2 heterocycles. The Morgan fingerprint density at radius 3 is 2.52 bits per heavy atom. The Bertz CT molecular complexity index is 750. The van der Waals surface area contributed by atoms with E-state index in [1.54, 1.807) is 0 Å². The molecule has 2 fully saturated rings. The molecule has 4 nitrogen and oxygen atoms in total. The highest BCUT2D eigenvalue weighted by molar-refractivity contribution is 6.32. The summed E-state index contributed by atoms with van der Waals surface area (Å²) in [6.45, 7) is 1.46. The van der Waals surface area contributed by atoms with Crippen molar-refractivity contribution < 1.29 is 26.7 Å². The van der Waals surface area contributed by atoms with Crippen LogP contribution in [0.15, 0.2) is 12.1 Å². The van der Waals surface area contributed by atoms with E-state index in [-0.39, 0.29) is 43.2 Å². The average molecular weight is 440 g/mol. The number of halogens is 6. The molecule has 29 heavy (non-hydrogen) atoms. The number of hydrogen-bond acceptors (Lipinski definition) is 3. The van der Waals surface area contributed by atoms with Crippen LogP contribution in [0.25, 0.3) is 0 Å². The van der Waals surface area contributed by atoms with Crippen molar-refractivity contribution in [2.75, 3.05) is 31.1 Å². The van der Waals surface area contributed by atoms with Crippen LogP contribution in [0.2, 0.25) is 5.02 Å². The molecule has 1 aromatic rings. The van der Waals surface area contributed by atoms with E-state index in [4.69, 9.17) is 11.6 Å². The lowest BCUT2D eigenvalue weighted by molar-refractivity contribution is -0.137. The Balaban J connectivity index is 1.95. The van der Waals surface area contributed by atoms with Crippen LogP contribution in [0, 0.1) is 0 Å². The lowest BCUT2D eigenvalue weighted by Crippen LogP contribution is -2.43. The molecular formula is C19H23ClF5N3O. The minimum Gasteiger partial charge on any atom is -0.371 e. The summed E-state index contributed by atoms with van der Waals surface area (Å²) in [5.74, 6) is -3.41. The van der Waals surface area contributed by atoms with E-state index in [0.29, 0.717) is 12.8 Å². The molecule has 3 rings (SSSR count). The summed E-state index contributed by atoms with van der Waals surface area (Å²) in [5, 5.41) is 5.41. The summed E-state index contributed by atoms with van der Waals surface area (Å²) < 4.78 is 67.6. The topological polar surface area (TPSA) is 44.4 Å². The summed E-state index contributed by atoms with van der Waals surface area (Å²) in [5.41, 5.74) is -1.11. The fourth-order valence-electron chi connectivity index (χ4n) is 3.76. The molecular weight excluding hydrogens is 417 g/mol. The van der Waals surface area contributed by atoms with Gasteiger partial charge in [0.1, 0.15) is 0 Å². The molecule has 0 bridgehead atoms. The van der Waals surface area contributed by atoms with E-state index in [9.17, 15) is 26.7 Å². The molecule has 0 radical (unpaired) electrons. The molecule has 2 N–H and O–H groups in total. The van der Waals surface area contributed by atoms with Crippen LogP contribution in [0.4, 0.5) is 27.6 Å². The molecule has 0 aromatic heterocycles. The number of nitrogens with zero attached hydrogens (tertiary/aromatic N) is 1. The number of piperidine rings is 1. The summed E-state index contributed by atoms with van der Waals surface area (Å²) >= 11 is 5.84. The second-order valence-electron chi connectivity index (χ2n) is 7.54. The van der Waals surface area contributed by atoms with Crippen molar-refractivity contribution in [3.05, 3.63) is 28.3 Å². The van der Waals surface area contributed by atoms with Crippen LogP contribution in [0.3, 0.4) is 0 Å². The fraction of sp³-hybridized carbons (Fsp3) is 0.632. The van der Waals surface area contributed by atoms with Crippen molar-refractivity contribution in [3.8, 4) is 0 Å². The Hall–Kier alpha value is -1.61. The predicted octanol–water partition coefficient (Wildman–Crippen LogP) is 4.47. The minimum atomic E-state index is -4.72. The first-order valence-electron chi connectivity index (χ1n) is 9.62. The summed E-state index contributed by atoms with van der Waals surface area (Å²) in [4.78, 5) is 14.3. The number of anilines is 1. The average Bonchev–Trinajstić information content (AvgIpc) is 2.82. The maximum atomic E-state index is 13.7. The molecule has 0 spiro atoms. The van der Waals surface area contributed by atoms with Crippen molar-refractivity contribution >= 4 is 23.2 Å². The highest BCUT2D eigenvalue weighted by Crippen LogP contribution is 2.40. The number of carbonyl (C=O) groups excluding carboxylic acids is 1.